The van der Waals surface area contributed by atoms with E-state index in [9.17, 15) is 14.4 Å². The number of benzene rings is 3. The van der Waals surface area contributed by atoms with Crippen molar-refractivity contribution < 1.29 is 19.1 Å². The lowest BCUT2D eigenvalue weighted by atomic mass is 10.1. The number of amides is 2. The summed E-state index contributed by atoms with van der Waals surface area (Å²) < 4.78 is 5.26. The molecule has 0 saturated carbocycles. The van der Waals surface area contributed by atoms with Crippen LogP contribution in [-0.4, -0.2) is 30.9 Å². The lowest BCUT2D eigenvalue weighted by Crippen LogP contribution is -2.28. The lowest BCUT2D eigenvalue weighted by Gasteiger charge is -2.19. The van der Waals surface area contributed by atoms with Crippen molar-refractivity contribution in [2.24, 2.45) is 5.92 Å². The summed E-state index contributed by atoms with van der Waals surface area (Å²) >= 11 is 0. The summed E-state index contributed by atoms with van der Waals surface area (Å²) in [5.74, 6) is -1.08. The number of unbranched alkanes of at least 4 members (excludes halogenated alkanes) is 2. The Balaban J connectivity index is 1.37. The Bertz CT molecular complexity index is 1150. The van der Waals surface area contributed by atoms with E-state index in [1.54, 1.807) is 29.2 Å². The fraction of sp³-hybridized carbons (Fsp3) is 0.296. The Morgan fingerprint density at radius 3 is 2.55 bits per heavy atom. The first kappa shape index (κ1) is 22.5. The number of esters is 1. The van der Waals surface area contributed by atoms with Crippen LogP contribution in [0.3, 0.4) is 0 Å². The second-order valence-corrected chi connectivity index (χ2v) is 8.31. The summed E-state index contributed by atoms with van der Waals surface area (Å²) in [4.78, 5) is 39.4. The van der Waals surface area contributed by atoms with Crippen molar-refractivity contribution in [3.05, 3.63) is 72.3 Å². The summed E-state index contributed by atoms with van der Waals surface area (Å²) in [6.45, 7) is 2.84. The van der Waals surface area contributed by atoms with Crippen LogP contribution in [-0.2, 0) is 14.3 Å². The molecule has 1 atom stereocenters. The van der Waals surface area contributed by atoms with Gasteiger partial charge in [-0.1, -0.05) is 56.2 Å². The quantitative estimate of drug-likeness (QED) is 0.384. The van der Waals surface area contributed by atoms with Crippen molar-refractivity contribution in [2.45, 2.75) is 32.6 Å². The van der Waals surface area contributed by atoms with Gasteiger partial charge >= 0.3 is 5.97 Å². The normalized spacial score (nSPS) is 15.6. The van der Waals surface area contributed by atoms with Crippen LogP contribution in [0, 0.1) is 5.92 Å². The topological polar surface area (TPSA) is 75.7 Å². The van der Waals surface area contributed by atoms with Crippen molar-refractivity contribution in [3.8, 4) is 0 Å². The van der Waals surface area contributed by atoms with E-state index in [1.165, 1.54) is 0 Å². The van der Waals surface area contributed by atoms with Gasteiger partial charge in [-0.3, -0.25) is 9.59 Å². The maximum absolute atomic E-state index is 12.8. The van der Waals surface area contributed by atoms with Crippen molar-refractivity contribution >= 4 is 39.9 Å². The van der Waals surface area contributed by atoms with Crippen molar-refractivity contribution in [1.29, 1.82) is 0 Å². The van der Waals surface area contributed by atoms with Gasteiger partial charge in [0.25, 0.3) is 0 Å². The van der Waals surface area contributed by atoms with Crippen LogP contribution in [0.5, 0.6) is 0 Å². The smallest absolute Gasteiger partial charge is 0.338 e. The molecule has 0 bridgehead atoms. The Labute approximate surface area is 193 Å². The van der Waals surface area contributed by atoms with Crippen molar-refractivity contribution in [3.63, 3.8) is 0 Å². The number of nitrogens with one attached hydrogen (secondary N) is 1. The van der Waals surface area contributed by atoms with Gasteiger partial charge in [-0.2, -0.15) is 0 Å². The van der Waals surface area contributed by atoms with E-state index in [4.69, 9.17) is 4.74 Å². The summed E-state index contributed by atoms with van der Waals surface area (Å²) in [5, 5.41) is 4.92. The number of rotatable bonds is 8. The van der Waals surface area contributed by atoms with Gasteiger partial charge in [0.1, 0.15) is 0 Å². The fourth-order valence-electron chi connectivity index (χ4n) is 4.09. The maximum atomic E-state index is 12.8. The Kier molecular flexibility index (Phi) is 7.03. The van der Waals surface area contributed by atoms with E-state index in [2.05, 4.69) is 12.2 Å². The first-order valence-corrected chi connectivity index (χ1v) is 11.4. The SMILES string of the molecule is CCCCCOC(=O)c1ccc(NC(=O)[C@H]2CC(=O)N(c3cccc4ccccc34)C2)cc1. The third kappa shape index (κ3) is 5.22. The van der Waals surface area contributed by atoms with Gasteiger partial charge in [0.05, 0.1) is 23.8 Å². The molecule has 170 valence electrons. The van der Waals surface area contributed by atoms with E-state index < -0.39 is 5.92 Å². The maximum Gasteiger partial charge on any atom is 0.338 e. The van der Waals surface area contributed by atoms with Gasteiger partial charge < -0.3 is 15.0 Å². The zero-order valence-corrected chi connectivity index (χ0v) is 18.8. The van der Waals surface area contributed by atoms with E-state index in [-0.39, 0.29) is 24.2 Å². The van der Waals surface area contributed by atoms with Gasteiger partial charge in [0.2, 0.25) is 11.8 Å². The monoisotopic (exact) mass is 444 g/mol. The van der Waals surface area contributed by atoms with Gasteiger partial charge in [0.15, 0.2) is 0 Å². The molecule has 2 amide bonds. The van der Waals surface area contributed by atoms with Gasteiger partial charge in [0, 0.05) is 24.0 Å². The minimum atomic E-state index is -0.445. The van der Waals surface area contributed by atoms with E-state index in [0.29, 0.717) is 24.4 Å². The molecule has 0 spiro atoms. The zero-order valence-electron chi connectivity index (χ0n) is 18.8. The van der Waals surface area contributed by atoms with Crippen LogP contribution >= 0.6 is 0 Å². The summed E-state index contributed by atoms with van der Waals surface area (Å²) in [6.07, 6.45) is 3.11. The van der Waals surface area contributed by atoms with Gasteiger partial charge in [-0.05, 0) is 42.1 Å². The highest BCUT2D eigenvalue weighted by Crippen LogP contribution is 2.32. The molecule has 1 fully saturated rings. The standard InChI is InChI=1S/C27H28N2O4/c1-2-3-6-16-33-27(32)20-12-14-22(15-13-20)28-26(31)21-17-25(30)29(18-21)24-11-7-9-19-8-4-5-10-23(19)24/h4-5,7-15,21H,2-3,6,16-18H2,1H3,(H,28,31)/t21-/m0/s1. The molecule has 4 rings (SSSR count). The Hall–Kier alpha value is -3.67. The van der Waals surface area contributed by atoms with E-state index >= 15 is 0 Å². The van der Waals surface area contributed by atoms with Crippen molar-refractivity contribution in [2.75, 3.05) is 23.4 Å². The number of fused-ring (bicyclic) bond motifs is 1. The molecule has 1 N–H and O–H groups in total. The second kappa shape index (κ2) is 10.3. The van der Waals surface area contributed by atoms with Gasteiger partial charge in [-0.25, -0.2) is 4.79 Å². The average molecular weight is 445 g/mol. The van der Waals surface area contributed by atoms with E-state index in [1.807, 2.05) is 42.5 Å². The van der Waals surface area contributed by atoms with Crippen molar-refractivity contribution in [1.82, 2.24) is 0 Å². The predicted molar refractivity (Wildman–Crippen MR) is 129 cm³/mol. The lowest BCUT2D eigenvalue weighted by molar-refractivity contribution is -0.122. The van der Waals surface area contributed by atoms with Gasteiger partial charge in [-0.15, -0.1) is 0 Å². The van der Waals surface area contributed by atoms with E-state index in [0.717, 1.165) is 35.7 Å². The minimum absolute atomic E-state index is 0.0623. The van der Waals surface area contributed by atoms with Crippen LogP contribution in [0.25, 0.3) is 10.8 Å². The summed E-state index contributed by atoms with van der Waals surface area (Å²) in [7, 11) is 0. The molecular weight excluding hydrogens is 416 g/mol. The van der Waals surface area contributed by atoms with Crippen LogP contribution in [0.1, 0.15) is 43.0 Å². The Morgan fingerprint density at radius 1 is 1.00 bits per heavy atom. The number of hydrogen-bond acceptors (Lipinski definition) is 4. The number of ether oxygens (including phenoxy) is 1. The number of nitrogens with zero attached hydrogens (tertiary/aromatic N) is 1. The zero-order chi connectivity index (χ0) is 23.2. The van der Waals surface area contributed by atoms with Crippen LogP contribution in [0.4, 0.5) is 11.4 Å². The summed E-state index contributed by atoms with van der Waals surface area (Å²) in [6, 6.07) is 20.4. The highest BCUT2D eigenvalue weighted by Gasteiger charge is 2.35. The third-order valence-electron chi connectivity index (χ3n) is 5.92. The van der Waals surface area contributed by atoms with Crippen LogP contribution in [0.15, 0.2) is 66.7 Å². The Morgan fingerprint density at radius 2 is 1.76 bits per heavy atom. The molecule has 6 nitrogen and oxygen atoms in total. The molecular formula is C27H28N2O4. The highest BCUT2D eigenvalue weighted by atomic mass is 16.5. The minimum Gasteiger partial charge on any atom is -0.462 e. The molecule has 1 saturated heterocycles. The molecule has 1 aliphatic rings. The molecule has 0 radical (unpaired) electrons. The average Bonchev–Trinajstić information content (AvgIpc) is 3.23. The summed E-state index contributed by atoms with van der Waals surface area (Å²) in [5.41, 5.74) is 1.86. The third-order valence-corrected chi connectivity index (χ3v) is 5.92. The molecule has 0 aromatic heterocycles. The van der Waals surface area contributed by atoms with Crippen LogP contribution < -0.4 is 10.2 Å². The second-order valence-electron chi connectivity index (χ2n) is 8.31. The number of carbonyl (C=O) groups excluding carboxylic acids is 3. The molecule has 0 aliphatic carbocycles. The molecule has 1 aliphatic heterocycles. The molecule has 0 unspecified atom stereocenters. The molecule has 6 heteroatoms. The first-order chi connectivity index (χ1) is 16.1. The number of anilines is 2. The molecule has 1 heterocycles. The molecule has 3 aromatic rings. The fourth-order valence-corrected chi connectivity index (χ4v) is 4.09. The number of carbonyl (C=O) groups is 3. The highest BCUT2D eigenvalue weighted by molar-refractivity contribution is 6.08. The largest absolute Gasteiger partial charge is 0.462 e. The first-order valence-electron chi connectivity index (χ1n) is 11.4. The molecule has 33 heavy (non-hydrogen) atoms. The van der Waals surface area contributed by atoms with Crippen LogP contribution in [0.2, 0.25) is 0 Å². The number of hydrogen-bond donors (Lipinski definition) is 1. The molecule has 3 aromatic carbocycles. The predicted octanol–water partition coefficient (Wildman–Crippen LogP) is 5.18.